The third-order valence-corrected chi connectivity index (χ3v) is 3.85. The summed E-state index contributed by atoms with van der Waals surface area (Å²) in [6.07, 6.45) is 0.889. The molecule has 1 atom stereocenters. The van der Waals surface area contributed by atoms with E-state index in [4.69, 9.17) is 5.11 Å². The second-order valence-corrected chi connectivity index (χ2v) is 5.88. The van der Waals surface area contributed by atoms with Crippen molar-refractivity contribution in [2.45, 2.75) is 12.8 Å². The first-order valence-corrected chi connectivity index (χ1v) is 7.16. The molecule has 1 aliphatic heterocycles. The minimum Gasteiger partial charge on any atom is -0.481 e. The van der Waals surface area contributed by atoms with Crippen molar-refractivity contribution >= 4 is 40.3 Å². The van der Waals surface area contributed by atoms with Gasteiger partial charge in [-0.1, -0.05) is 0 Å². The number of aliphatic carboxylic acids is 1. The Bertz CT molecular complexity index is 475. The molecule has 0 bridgehead atoms. The Hall–Kier alpha value is -1.31. The maximum absolute atomic E-state index is 12.0. The average Bonchev–Trinajstić information content (AvgIpc) is 2.80. The Kier molecular flexibility index (Phi) is 4.62. The number of nitrogens with one attached hydrogen (secondary N) is 1. The Labute approximate surface area is 125 Å². The molecule has 1 aromatic rings. The lowest BCUT2D eigenvalue weighted by Gasteiger charge is -2.17. The van der Waals surface area contributed by atoms with E-state index in [1.165, 1.54) is 0 Å². The number of benzene rings is 1. The Morgan fingerprint density at radius 1 is 1.37 bits per heavy atom. The van der Waals surface area contributed by atoms with Crippen LogP contribution in [0.3, 0.4) is 0 Å². The Morgan fingerprint density at radius 3 is 2.68 bits per heavy atom. The van der Waals surface area contributed by atoms with Gasteiger partial charge in [0.2, 0.25) is 0 Å². The number of anilines is 1. The lowest BCUT2D eigenvalue weighted by molar-refractivity contribution is -0.138. The number of likely N-dealkylation sites (tertiary alicyclic amines) is 1. The number of halogens is 1. The van der Waals surface area contributed by atoms with E-state index in [1.54, 1.807) is 4.90 Å². The van der Waals surface area contributed by atoms with Crippen LogP contribution in [0.5, 0.6) is 0 Å². The number of carbonyl (C=O) groups is 2. The van der Waals surface area contributed by atoms with Gasteiger partial charge in [-0.3, -0.25) is 4.79 Å². The second-order valence-electron chi connectivity index (χ2n) is 4.64. The summed E-state index contributed by atoms with van der Waals surface area (Å²) in [5.74, 6) is -0.732. The van der Waals surface area contributed by atoms with E-state index in [0.29, 0.717) is 13.1 Å². The minimum atomic E-state index is -0.801. The summed E-state index contributed by atoms with van der Waals surface area (Å²) in [7, 11) is 0. The Balaban J connectivity index is 1.87. The van der Waals surface area contributed by atoms with Gasteiger partial charge in [0, 0.05) is 28.8 Å². The van der Waals surface area contributed by atoms with Crippen LogP contribution in [0.15, 0.2) is 24.3 Å². The molecular weight excluding hydrogens is 359 g/mol. The molecule has 19 heavy (non-hydrogen) atoms. The summed E-state index contributed by atoms with van der Waals surface area (Å²) >= 11 is 2.20. The smallest absolute Gasteiger partial charge is 0.321 e. The molecule has 2 N–H and O–H groups in total. The summed E-state index contributed by atoms with van der Waals surface area (Å²) in [5.41, 5.74) is 0.757. The van der Waals surface area contributed by atoms with Crippen LogP contribution in [0, 0.1) is 9.49 Å². The van der Waals surface area contributed by atoms with Crippen LogP contribution in [0.1, 0.15) is 12.8 Å². The molecule has 2 amide bonds. The van der Waals surface area contributed by atoms with E-state index < -0.39 is 5.97 Å². The van der Waals surface area contributed by atoms with Crippen LogP contribution < -0.4 is 5.32 Å². The van der Waals surface area contributed by atoms with Crippen LogP contribution in [0.4, 0.5) is 10.5 Å². The number of urea groups is 1. The predicted octanol–water partition coefficient (Wildman–Crippen LogP) is 2.62. The zero-order valence-corrected chi connectivity index (χ0v) is 12.5. The summed E-state index contributed by atoms with van der Waals surface area (Å²) in [6, 6.07) is 7.39. The molecule has 1 heterocycles. The van der Waals surface area contributed by atoms with E-state index in [2.05, 4.69) is 27.9 Å². The number of rotatable bonds is 3. The highest BCUT2D eigenvalue weighted by atomic mass is 127. The summed E-state index contributed by atoms with van der Waals surface area (Å²) in [5, 5.41) is 11.6. The fourth-order valence-electron chi connectivity index (χ4n) is 2.17. The quantitative estimate of drug-likeness (QED) is 0.800. The highest BCUT2D eigenvalue weighted by molar-refractivity contribution is 14.1. The Morgan fingerprint density at radius 2 is 2.05 bits per heavy atom. The van der Waals surface area contributed by atoms with Crippen LogP contribution in [-0.4, -0.2) is 35.1 Å². The summed E-state index contributed by atoms with van der Waals surface area (Å²) in [4.78, 5) is 24.3. The molecule has 0 spiro atoms. The molecule has 0 aromatic heterocycles. The van der Waals surface area contributed by atoms with E-state index in [9.17, 15) is 9.59 Å². The standard InChI is InChI=1S/C13H15IN2O3/c14-10-1-3-11(4-2-10)15-13(19)16-6-5-9(8-16)7-12(17)18/h1-4,9H,5-8H2,(H,15,19)(H,17,18). The predicted molar refractivity (Wildman–Crippen MR) is 80.1 cm³/mol. The van der Waals surface area contributed by atoms with Gasteiger partial charge in [0.05, 0.1) is 0 Å². The number of carbonyl (C=O) groups excluding carboxylic acids is 1. The number of hydrogen-bond donors (Lipinski definition) is 2. The first kappa shape index (κ1) is 14.1. The average molecular weight is 374 g/mol. The number of nitrogens with zero attached hydrogens (tertiary/aromatic N) is 1. The lowest BCUT2D eigenvalue weighted by atomic mass is 10.1. The number of amides is 2. The summed E-state index contributed by atoms with van der Waals surface area (Å²) in [6.45, 7) is 1.14. The van der Waals surface area contributed by atoms with Crippen molar-refractivity contribution in [3.63, 3.8) is 0 Å². The van der Waals surface area contributed by atoms with Gasteiger partial charge in [0.25, 0.3) is 0 Å². The van der Waals surface area contributed by atoms with Gasteiger partial charge in [-0.25, -0.2) is 4.79 Å². The maximum atomic E-state index is 12.0. The van der Waals surface area contributed by atoms with Crippen molar-refractivity contribution in [1.82, 2.24) is 4.90 Å². The van der Waals surface area contributed by atoms with Crippen molar-refractivity contribution in [3.05, 3.63) is 27.8 Å². The number of carboxylic acids is 1. The molecule has 1 aromatic carbocycles. The zero-order valence-electron chi connectivity index (χ0n) is 10.3. The molecule has 2 rings (SSSR count). The zero-order chi connectivity index (χ0) is 13.8. The molecule has 5 nitrogen and oxygen atoms in total. The van der Waals surface area contributed by atoms with E-state index >= 15 is 0 Å². The SMILES string of the molecule is O=C(O)CC1CCN(C(=O)Nc2ccc(I)cc2)C1. The van der Waals surface area contributed by atoms with Crippen LogP contribution in [0.2, 0.25) is 0 Å². The monoisotopic (exact) mass is 374 g/mol. The maximum Gasteiger partial charge on any atom is 0.321 e. The molecule has 1 saturated heterocycles. The van der Waals surface area contributed by atoms with Gasteiger partial charge in [0.1, 0.15) is 0 Å². The van der Waals surface area contributed by atoms with Gasteiger partial charge in [0.15, 0.2) is 0 Å². The van der Waals surface area contributed by atoms with E-state index in [-0.39, 0.29) is 18.4 Å². The molecule has 102 valence electrons. The second kappa shape index (κ2) is 6.23. The summed E-state index contributed by atoms with van der Waals surface area (Å²) < 4.78 is 1.11. The third kappa shape index (κ3) is 4.09. The fraction of sp³-hybridized carbons (Fsp3) is 0.385. The van der Waals surface area contributed by atoms with Crippen LogP contribution >= 0.6 is 22.6 Å². The van der Waals surface area contributed by atoms with Gasteiger partial charge in [-0.05, 0) is 59.2 Å². The normalized spacial score (nSPS) is 18.4. The topological polar surface area (TPSA) is 69.6 Å². The molecule has 0 radical (unpaired) electrons. The van der Waals surface area contributed by atoms with Gasteiger partial charge in [-0.2, -0.15) is 0 Å². The van der Waals surface area contributed by atoms with Crippen LogP contribution in [0.25, 0.3) is 0 Å². The van der Waals surface area contributed by atoms with Gasteiger partial charge >= 0.3 is 12.0 Å². The van der Waals surface area contributed by atoms with Crippen molar-refractivity contribution in [2.75, 3.05) is 18.4 Å². The lowest BCUT2D eigenvalue weighted by Crippen LogP contribution is -2.33. The van der Waals surface area contributed by atoms with Crippen molar-refractivity contribution in [2.24, 2.45) is 5.92 Å². The molecule has 0 aliphatic carbocycles. The molecule has 6 heteroatoms. The van der Waals surface area contributed by atoms with Gasteiger partial charge in [-0.15, -0.1) is 0 Å². The first-order chi connectivity index (χ1) is 9.04. The molecule has 1 unspecified atom stereocenters. The largest absolute Gasteiger partial charge is 0.481 e. The first-order valence-electron chi connectivity index (χ1n) is 6.08. The molecular formula is C13H15IN2O3. The van der Waals surface area contributed by atoms with Crippen molar-refractivity contribution in [1.29, 1.82) is 0 Å². The highest BCUT2D eigenvalue weighted by Crippen LogP contribution is 2.20. The highest BCUT2D eigenvalue weighted by Gasteiger charge is 2.27. The van der Waals surface area contributed by atoms with E-state index in [0.717, 1.165) is 15.7 Å². The molecule has 1 aliphatic rings. The van der Waals surface area contributed by atoms with Gasteiger partial charge < -0.3 is 15.3 Å². The fourth-order valence-corrected chi connectivity index (χ4v) is 2.53. The minimum absolute atomic E-state index is 0.0694. The van der Waals surface area contributed by atoms with Crippen molar-refractivity contribution < 1.29 is 14.7 Å². The number of hydrogen-bond acceptors (Lipinski definition) is 2. The number of carboxylic acid groups (broad SMARTS) is 1. The van der Waals surface area contributed by atoms with E-state index in [1.807, 2.05) is 24.3 Å². The molecule has 1 fully saturated rings. The molecule has 0 saturated carbocycles. The third-order valence-electron chi connectivity index (χ3n) is 3.13. The van der Waals surface area contributed by atoms with Crippen molar-refractivity contribution in [3.8, 4) is 0 Å². The van der Waals surface area contributed by atoms with Crippen LogP contribution in [-0.2, 0) is 4.79 Å².